The van der Waals surface area contributed by atoms with E-state index in [0.717, 1.165) is 0 Å². The number of aliphatic imine (C=N–C) groups is 1. The fourth-order valence-corrected chi connectivity index (χ4v) is 2.05. The lowest BCUT2D eigenvalue weighted by atomic mass is 10.1. The van der Waals surface area contributed by atoms with Crippen molar-refractivity contribution < 1.29 is 13.9 Å². The smallest absolute Gasteiger partial charge is 0.180 e. The maximum absolute atomic E-state index is 13.5. The Morgan fingerprint density at radius 3 is 3.00 bits per heavy atom. The zero-order chi connectivity index (χ0) is 13.1. The molecule has 0 aliphatic carbocycles. The lowest BCUT2D eigenvalue weighted by Crippen LogP contribution is -2.20. The summed E-state index contributed by atoms with van der Waals surface area (Å²) in [5, 5.41) is 0.358. The van der Waals surface area contributed by atoms with Crippen LogP contribution in [0.2, 0.25) is 5.02 Å². The molecule has 0 spiro atoms. The number of rotatable bonds is 4. The Bertz CT molecular complexity index is 464. The number of ether oxygens (including phenoxy) is 2. The van der Waals surface area contributed by atoms with Gasteiger partial charge in [0.15, 0.2) is 17.5 Å². The van der Waals surface area contributed by atoms with E-state index < -0.39 is 5.82 Å². The Balaban J connectivity index is 1.92. The molecule has 0 saturated carbocycles. The van der Waals surface area contributed by atoms with Gasteiger partial charge in [-0.15, -0.1) is 0 Å². The zero-order valence-electron chi connectivity index (χ0n) is 10.3. The van der Waals surface area contributed by atoms with E-state index in [9.17, 15) is 4.39 Å². The third kappa shape index (κ3) is 3.35. The van der Waals surface area contributed by atoms with E-state index in [1.807, 2.05) is 13.8 Å². The van der Waals surface area contributed by atoms with Crippen LogP contribution >= 0.6 is 11.6 Å². The fourth-order valence-electron chi connectivity index (χ4n) is 1.89. The Hall–Kier alpha value is -1.29. The van der Waals surface area contributed by atoms with Crippen molar-refractivity contribution in [3.8, 4) is 5.75 Å². The Morgan fingerprint density at radius 1 is 1.61 bits per heavy atom. The van der Waals surface area contributed by atoms with Crippen molar-refractivity contribution in [2.45, 2.75) is 32.4 Å². The Labute approximate surface area is 111 Å². The lowest BCUT2D eigenvalue weighted by Gasteiger charge is -2.16. The molecular weight excluding hydrogens is 257 g/mol. The molecule has 0 radical (unpaired) electrons. The monoisotopic (exact) mass is 271 g/mol. The predicted molar refractivity (Wildman–Crippen MR) is 69.0 cm³/mol. The number of nitrogens with zero attached hydrogens (tertiary/aromatic N) is 1. The van der Waals surface area contributed by atoms with Crippen LogP contribution in [-0.4, -0.2) is 24.7 Å². The van der Waals surface area contributed by atoms with Gasteiger partial charge in [0.05, 0.1) is 12.1 Å². The second-order valence-electron chi connectivity index (χ2n) is 4.35. The van der Waals surface area contributed by atoms with E-state index in [0.29, 0.717) is 23.9 Å². The first-order valence-electron chi connectivity index (χ1n) is 5.83. The first-order chi connectivity index (χ1) is 8.54. The summed E-state index contributed by atoms with van der Waals surface area (Å²) < 4.78 is 24.3. The van der Waals surface area contributed by atoms with Crippen molar-refractivity contribution in [2.24, 2.45) is 4.99 Å². The summed E-state index contributed by atoms with van der Waals surface area (Å²) in [5.41, 5.74) is 0. The minimum Gasteiger partial charge on any atom is -0.488 e. The standard InChI is InChI=1S/C13H15ClFNO2/c1-8(5-11-7-17-9(2)16-11)18-13-4-3-10(14)6-12(13)15/h3-4,6,8,11H,5,7H2,1-2H3. The number of benzene rings is 1. The Kier molecular flexibility index (Phi) is 4.07. The van der Waals surface area contributed by atoms with Gasteiger partial charge in [0.2, 0.25) is 0 Å². The van der Waals surface area contributed by atoms with Crippen LogP contribution in [0.3, 0.4) is 0 Å². The Morgan fingerprint density at radius 2 is 2.39 bits per heavy atom. The highest BCUT2D eigenvalue weighted by molar-refractivity contribution is 6.30. The minimum atomic E-state index is -0.447. The summed E-state index contributed by atoms with van der Waals surface area (Å²) >= 11 is 5.68. The molecule has 2 rings (SSSR count). The summed E-state index contributed by atoms with van der Waals surface area (Å²) in [4.78, 5) is 4.31. The maximum Gasteiger partial charge on any atom is 0.180 e. The molecule has 1 aromatic carbocycles. The molecule has 0 N–H and O–H groups in total. The fraction of sp³-hybridized carbons (Fsp3) is 0.462. The van der Waals surface area contributed by atoms with Gasteiger partial charge in [0.25, 0.3) is 0 Å². The van der Waals surface area contributed by atoms with Crippen molar-refractivity contribution in [3.05, 3.63) is 29.0 Å². The van der Waals surface area contributed by atoms with Crippen molar-refractivity contribution in [1.29, 1.82) is 0 Å². The largest absolute Gasteiger partial charge is 0.488 e. The van der Waals surface area contributed by atoms with Crippen LogP contribution in [0.4, 0.5) is 4.39 Å². The lowest BCUT2D eigenvalue weighted by molar-refractivity contribution is 0.182. The molecule has 98 valence electrons. The molecule has 3 nitrogen and oxygen atoms in total. The molecule has 1 aliphatic heterocycles. The van der Waals surface area contributed by atoms with E-state index in [4.69, 9.17) is 21.1 Å². The van der Waals surface area contributed by atoms with Gasteiger partial charge >= 0.3 is 0 Å². The molecule has 0 bridgehead atoms. The van der Waals surface area contributed by atoms with E-state index in [2.05, 4.69) is 4.99 Å². The van der Waals surface area contributed by atoms with E-state index in [-0.39, 0.29) is 17.9 Å². The van der Waals surface area contributed by atoms with Gasteiger partial charge in [-0.25, -0.2) is 9.38 Å². The topological polar surface area (TPSA) is 30.8 Å². The first-order valence-corrected chi connectivity index (χ1v) is 6.21. The highest BCUT2D eigenvalue weighted by atomic mass is 35.5. The molecule has 1 heterocycles. The van der Waals surface area contributed by atoms with E-state index >= 15 is 0 Å². The van der Waals surface area contributed by atoms with Crippen LogP contribution in [0, 0.1) is 5.82 Å². The molecule has 1 aliphatic rings. The normalized spacial score (nSPS) is 20.2. The molecule has 2 atom stereocenters. The van der Waals surface area contributed by atoms with Crippen LogP contribution in [-0.2, 0) is 4.74 Å². The van der Waals surface area contributed by atoms with Gasteiger partial charge in [-0.1, -0.05) is 11.6 Å². The van der Waals surface area contributed by atoms with Gasteiger partial charge in [-0.3, -0.25) is 0 Å². The average Bonchev–Trinajstić information content (AvgIpc) is 2.68. The highest BCUT2D eigenvalue weighted by Gasteiger charge is 2.20. The molecule has 5 heteroatoms. The summed E-state index contributed by atoms with van der Waals surface area (Å²) in [6.45, 7) is 4.28. The summed E-state index contributed by atoms with van der Waals surface area (Å²) in [7, 11) is 0. The average molecular weight is 272 g/mol. The second kappa shape index (κ2) is 5.57. The molecule has 0 aromatic heterocycles. The number of hydrogen-bond donors (Lipinski definition) is 0. The molecule has 18 heavy (non-hydrogen) atoms. The number of hydrogen-bond acceptors (Lipinski definition) is 3. The SMILES string of the molecule is CC1=NC(CC(C)Oc2ccc(Cl)cc2F)CO1. The maximum atomic E-state index is 13.5. The quantitative estimate of drug-likeness (QED) is 0.840. The van der Waals surface area contributed by atoms with Crippen molar-refractivity contribution in [3.63, 3.8) is 0 Å². The third-order valence-electron chi connectivity index (χ3n) is 2.68. The van der Waals surface area contributed by atoms with Crippen LogP contribution < -0.4 is 4.74 Å². The van der Waals surface area contributed by atoms with E-state index in [1.54, 1.807) is 6.07 Å². The summed E-state index contributed by atoms with van der Waals surface area (Å²) in [6, 6.07) is 4.47. The highest BCUT2D eigenvalue weighted by Crippen LogP contribution is 2.23. The van der Waals surface area contributed by atoms with Gasteiger partial charge in [-0.2, -0.15) is 0 Å². The van der Waals surface area contributed by atoms with Gasteiger partial charge in [0.1, 0.15) is 6.61 Å². The molecule has 1 aromatic rings. The minimum absolute atomic E-state index is 0.0929. The molecule has 0 fully saturated rings. The van der Waals surface area contributed by atoms with Crippen LogP contribution in [0.25, 0.3) is 0 Å². The van der Waals surface area contributed by atoms with Crippen LogP contribution in [0.5, 0.6) is 5.75 Å². The molecule has 0 amide bonds. The number of halogens is 2. The van der Waals surface area contributed by atoms with Gasteiger partial charge in [0, 0.05) is 18.4 Å². The van der Waals surface area contributed by atoms with Crippen LogP contribution in [0.1, 0.15) is 20.3 Å². The zero-order valence-corrected chi connectivity index (χ0v) is 11.1. The predicted octanol–water partition coefficient (Wildman–Crippen LogP) is 3.45. The van der Waals surface area contributed by atoms with Gasteiger partial charge < -0.3 is 9.47 Å². The van der Waals surface area contributed by atoms with Crippen molar-refractivity contribution >= 4 is 17.5 Å². The third-order valence-corrected chi connectivity index (χ3v) is 2.91. The van der Waals surface area contributed by atoms with Crippen molar-refractivity contribution in [1.82, 2.24) is 0 Å². The molecular formula is C13H15ClFNO2. The summed E-state index contributed by atoms with van der Waals surface area (Å²) in [6.07, 6.45) is 0.559. The summed E-state index contributed by atoms with van der Waals surface area (Å²) in [5.74, 6) is 0.466. The van der Waals surface area contributed by atoms with E-state index in [1.165, 1.54) is 12.1 Å². The second-order valence-corrected chi connectivity index (χ2v) is 4.79. The van der Waals surface area contributed by atoms with Crippen molar-refractivity contribution in [2.75, 3.05) is 6.61 Å². The molecule has 0 saturated heterocycles. The van der Waals surface area contributed by atoms with Crippen LogP contribution in [0.15, 0.2) is 23.2 Å². The van der Waals surface area contributed by atoms with Gasteiger partial charge in [-0.05, 0) is 25.1 Å². The first kappa shape index (κ1) is 13.1. The molecule has 2 unspecified atom stereocenters.